The molecular weight excluding hydrogens is 545 g/mol. The Bertz CT molecular complexity index is 1240. The van der Waals surface area contributed by atoms with Crippen LogP contribution in [0.1, 0.15) is 6.92 Å². The number of benzene rings is 1. The van der Waals surface area contributed by atoms with E-state index in [2.05, 4.69) is 36.4 Å². The number of rotatable bonds is 7. The number of hydrogen-bond acceptors (Lipinski definition) is 7. The Balaban J connectivity index is 1.40. The maximum absolute atomic E-state index is 12.4. The largest absolute Gasteiger partial charge is 0.446 e. The number of hydrogen-bond donors (Lipinski definition) is 1. The Labute approximate surface area is 204 Å². The quantitative estimate of drug-likeness (QED) is 0.261. The molecule has 1 amide bonds. The number of carbonyl (C=O) groups excluding carboxylic acids is 1. The van der Waals surface area contributed by atoms with Crippen LogP contribution in [0.25, 0.3) is 22.8 Å². The first-order valence-corrected chi connectivity index (χ1v) is 12.4. The van der Waals surface area contributed by atoms with Crippen LogP contribution in [0.5, 0.6) is 0 Å². The number of amides is 1. The first kappa shape index (κ1) is 22.3. The molecule has 1 aromatic carbocycles. The Morgan fingerprint density at radius 1 is 1.29 bits per heavy atom. The molecule has 4 rings (SSSR count). The lowest BCUT2D eigenvalue weighted by atomic mass is 10.2. The molecule has 4 aromatic rings. The van der Waals surface area contributed by atoms with Crippen LogP contribution in [0, 0.1) is 0 Å². The molecule has 12 heteroatoms. The highest BCUT2D eigenvalue weighted by Crippen LogP contribution is 2.32. The number of thioether (sulfide) groups is 1. The molecular formula is C19H14BrCl2N5O2S2. The van der Waals surface area contributed by atoms with Gasteiger partial charge in [0.15, 0.2) is 20.7 Å². The number of anilines is 1. The maximum atomic E-state index is 12.4. The van der Waals surface area contributed by atoms with Crippen LogP contribution >= 0.6 is 62.2 Å². The molecule has 3 aromatic heterocycles. The molecule has 160 valence electrons. The monoisotopic (exact) mass is 557 g/mol. The van der Waals surface area contributed by atoms with Crippen LogP contribution in [0.2, 0.25) is 10.0 Å². The molecule has 0 fully saturated rings. The highest BCUT2D eigenvalue weighted by molar-refractivity contribution is 9.10. The summed E-state index contributed by atoms with van der Waals surface area (Å²) in [7, 11) is 0. The van der Waals surface area contributed by atoms with Gasteiger partial charge >= 0.3 is 0 Å². The second kappa shape index (κ2) is 9.74. The fraction of sp³-hybridized carbons (Fsp3) is 0.158. The highest BCUT2D eigenvalue weighted by atomic mass is 79.9. The van der Waals surface area contributed by atoms with E-state index in [0.29, 0.717) is 48.8 Å². The molecule has 7 nitrogen and oxygen atoms in total. The van der Waals surface area contributed by atoms with E-state index in [1.165, 1.54) is 23.1 Å². The van der Waals surface area contributed by atoms with Crippen LogP contribution in [-0.2, 0) is 11.3 Å². The normalized spacial score (nSPS) is 11.1. The predicted octanol–water partition coefficient (Wildman–Crippen LogP) is 6.48. The van der Waals surface area contributed by atoms with Crippen LogP contribution < -0.4 is 5.32 Å². The van der Waals surface area contributed by atoms with Crippen LogP contribution in [-0.4, -0.2) is 31.4 Å². The van der Waals surface area contributed by atoms with Gasteiger partial charge in [0, 0.05) is 22.5 Å². The van der Waals surface area contributed by atoms with Crippen molar-refractivity contribution < 1.29 is 9.21 Å². The smallest absolute Gasteiger partial charge is 0.236 e. The number of carbonyl (C=O) groups is 1. The van der Waals surface area contributed by atoms with Gasteiger partial charge in [-0.1, -0.05) is 35.0 Å². The number of furan rings is 1. The lowest BCUT2D eigenvalue weighted by Crippen LogP contribution is -2.14. The van der Waals surface area contributed by atoms with E-state index < -0.39 is 0 Å². The molecule has 0 saturated carbocycles. The number of halogens is 3. The molecule has 0 saturated heterocycles. The third kappa shape index (κ3) is 5.15. The summed E-state index contributed by atoms with van der Waals surface area (Å²) in [6.45, 7) is 2.62. The topological polar surface area (TPSA) is 85.8 Å². The fourth-order valence-electron chi connectivity index (χ4n) is 2.73. The van der Waals surface area contributed by atoms with E-state index in [1.807, 2.05) is 22.9 Å². The zero-order chi connectivity index (χ0) is 22.0. The van der Waals surface area contributed by atoms with Gasteiger partial charge < -0.3 is 9.73 Å². The fourth-order valence-corrected chi connectivity index (χ4v) is 5.08. The van der Waals surface area contributed by atoms with Crippen molar-refractivity contribution in [3.8, 4) is 22.8 Å². The summed E-state index contributed by atoms with van der Waals surface area (Å²) in [5, 5.41) is 15.2. The minimum atomic E-state index is -0.193. The minimum absolute atomic E-state index is 0.163. The average molecular weight is 559 g/mol. The summed E-state index contributed by atoms with van der Waals surface area (Å²) in [6, 6.07) is 8.81. The van der Waals surface area contributed by atoms with E-state index in [9.17, 15) is 4.79 Å². The Morgan fingerprint density at radius 3 is 2.84 bits per heavy atom. The molecule has 0 aliphatic carbocycles. The summed E-state index contributed by atoms with van der Waals surface area (Å²) in [6.07, 6.45) is 0. The number of nitrogens with one attached hydrogen (secondary N) is 1. The summed E-state index contributed by atoms with van der Waals surface area (Å²) < 4.78 is 8.08. The van der Waals surface area contributed by atoms with Crippen molar-refractivity contribution in [3.63, 3.8) is 0 Å². The van der Waals surface area contributed by atoms with Gasteiger partial charge in [0.1, 0.15) is 0 Å². The number of thiazole rings is 1. The van der Waals surface area contributed by atoms with Crippen molar-refractivity contribution in [2.45, 2.75) is 18.6 Å². The van der Waals surface area contributed by atoms with Crippen molar-refractivity contribution in [2.75, 3.05) is 11.1 Å². The second-order valence-corrected chi connectivity index (χ2v) is 9.58. The van der Waals surface area contributed by atoms with E-state index in [1.54, 1.807) is 24.3 Å². The molecule has 0 bridgehead atoms. The van der Waals surface area contributed by atoms with Gasteiger partial charge in [0.05, 0.1) is 16.5 Å². The van der Waals surface area contributed by atoms with Crippen molar-refractivity contribution >= 4 is 73.3 Å². The molecule has 0 unspecified atom stereocenters. The summed E-state index contributed by atoms with van der Waals surface area (Å²) in [5.41, 5.74) is 1.43. The van der Waals surface area contributed by atoms with Gasteiger partial charge in [-0.05, 0) is 53.2 Å². The SMILES string of the molecule is CCn1c(SCC(=O)Nc2nc(-c3ccc(Cl)cc3Cl)cs2)nnc1-c1ccc(Br)o1. The summed E-state index contributed by atoms with van der Waals surface area (Å²) in [5.74, 6) is 1.19. The molecule has 1 N–H and O–H groups in total. The van der Waals surface area contributed by atoms with E-state index in [-0.39, 0.29) is 11.7 Å². The molecule has 0 atom stereocenters. The van der Waals surface area contributed by atoms with Gasteiger partial charge in [-0.15, -0.1) is 21.5 Å². The first-order valence-electron chi connectivity index (χ1n) is 8.97. The van der Waals surface area contributed by atoms with Crippen LogP contribution in [0.15, 0.2) is 50.0 Å². The lowest BCUT2D eigenvalue weighted by Gasteiger charge is -2.05. The van der Waals surface area contributed by atoms with Crippen molar-refractivity contribution in [2.24, 2.45) is 0 Å². The molecule has 31 heavy (non-hydrogen) atoms. The standard InChI is InChI=1S/C19H14BrCl2N5O2S2/c1-2-27-17(14-5-6-15(20)29-14)25-26-19(27)31-9-16(28)24-18-23-13(8-30-18)11-4-3-10(21)7-12(11)22/h3-8H,2,9H2,1H3,(H,23,24,28). The molecule has 0 aliphatic heterocycles. The van der Waals surface area contributed by atoms with E-state index >= 15 is 0 Å². The minimum Gasteiger partial charge on any atom is -0.446 e. The second-order valence-electron chi connectivity index (χ2n) is 6.15. The van der Waals surface area contributed by atoms with Gasteiger partial charge in [-0.25, -0.2) is 4.98 Å². The Kier molecular flexibility index (Phi) is 7.02. The lowest BCUT2D eigenvalue weighted by molar-refractivity contribution is -0.113. The first-order chi connectivity index (χ1) is 14.9. The van der Waals surface area contributed by atoms with Gasteiger partial charge in [-0.2, -0.15) is 0 Å². The number of nitrogens with zero attached hydrogens (tertiary/aromatic N) is 4. The maximum Gasteiger partial charge on any atom is 0.236 e. The van der Waals surface area contributed by atoms with E-state index in [0.717, 1.165) is 5.56 Å². The summed E-state index contributed by atoms with van der Waals surface area (Å²) >= 11 is 18.1. The van der Waals surface area contributed by atoms with Crippen molar-refractivity contribution in [1.29, 1.82) is 0 Å². The molecule has 0 spiro atoms. The Morgan fingerprint density at radius 2 is 2.13 bits per heavy atom. The Hall–Kier alpha value is -1.85. The zero-order valence-corrected chi connectivity index (χ0v) is 20.7. The molecule has 0 radical (unpaired) electrons. The van der Waals surface area contributed by atoms with Gasteiger partial charge in [0.2, 0.25) is 11.7 Å². The van der Waals surface area contributed by atoms with Gasteiger partial charge in [0.25, 0.3) is 0 Å². The number of aromatic nitrogens is 4. The third-order valence-corrected chi connectivity index (χ3v) is 6.82. The predicted molar refractivity (Wildman–Crippen MR) is 128 cm³/mol. The molecule has 0 aliphatic rings. The van der Waals surface area contributed by atoms with Crippen molar-refractivity contribution in [1.82, 2.24) is 19.7 Å². The van der Waals surface area contributed by atoms with Crippen LogP contribution in [0.3, 0.4) is 0 Å². The van der Waals surface area contributed by atoms with Gasteiger partial charge in [-0.3, -0.25) is 9.36 Å². The highest BCUT2D eigenvalue weighted by Gasteiger charge is 2.18. The average Bonchev–Trinajstić information content (AvgIpc) is 3.46. The zero-order valence-electron chi connectivity index (χ0n) is 15.9. The third-order valence-electron chi connectivity index (χ3n) is 4.12. The summed E-state index contributed by atoms with van der Waals surface area (Å²) in [4.78, 5) is 16.9. The van der Waals surface area contributed by atoms with Crippen molar-refractivity contribution in [3.05, 3.63) is 50.4 Å². The molecule has 3 heterocycles. The van der Waals surface area contributed by atoms with E-state index in [4.69, 9.17) is 27.6 Å². The van der Waals surface area contributed by atoms with Crippen LogP contribution in [0.4, 0.5) is 5.13 Å².